The molecule has 158 valence electrons. The van der Waals surface area contributed by atoms with Crippen LogP contribution in [-0.4, -0.2) is 34.2 Å². The molecule has 5 heteroatoms. The molecule has 2 amide bonds. The highest BCUT2D eigenvalue weighted by Gasteiger charge is 2.45. The zero-order chi connectivity index (χ0) is 21.3. The van der Waals surface area contributed by atoms with Crippen LogP contribution in [0.3, 0.4) is 0 Å². The Hall–Kier alpha value is -2.69. The SMILES string of the molecule is C[C@@H]1[C@H](C)CCC[C@@H]1N1CC(=O)N(Cc2ccccc2)[C@H](c2ccc(F)cc2)C1=O. The fraction of sp³-hybridized carbons (Fsp3) is 0.440. The van der Waals surface area contributed by atoms with Crippen LogP contribution in [0, 0.1) is 17.7 Å². The van der Waals surface area contributed by atoms with Crippen LogP contribution in [0.15, 0.2) is 54.6 Å². The van der Waals surface area contributed by atoms with Crippen LogP contribution < -0.4 is 0 Å². The first-order valence-electron chi connectivity index (χ1n) is 10.8. The Labute approximate surface area is 177 Å². The van der Waals surface area contributed by atoms with E-state index in [0.29, 0.717) is 23.9 Å². The Morgan fingerprint density at radius 1 is 0.967 bits per heavy atom. The van der Waals surface area contributed by atoms with Gasteiger partial charge in [0.15, 0.2) is 0 Å². The van der Waals surface area contributed by atoms with Crippen molar-refractivity contribution in [3.63, 3.8) is 0 Å². The molecule has 1 aliphatic carbocycles. The topological polar surface area (TPSA) is 40.6 Å². The van der Waals surface area contributed by atoms with Crippen molar-refractivity contribution < 1.29 is 14.0 Å². The summed E-state index contributed by atoms with van der Waals surface area (Å²) in [5.74, 6) is 0.416. The number of benzene rings is 2. The first kappa shape index (κ1) is 20.6. The van der Waals surface area contributed by atoms with Gasteiger partial charge in [-0.2, -0.15) is 0 Å². The van der Waals surface area contributed by atoms with E-state index in [9.17, 15) is 14.0 Å². The third-order valence-corrected chi connectivity index (χ3v) is 6.90. The summed E-state index contributed by atoms with van der Waals surface area (Å²) in [7, 11) is 0. The zero-order valence-corrected chi connectivity index (χ0v) is 17.6. The number of halogens is 1. The van der Waals surface area contributed by atoms with Crippen molar-refractivity contribution in [1.82, 2.24) is 9.80 Å². The second-order valence-corrected chi connectivity index (χ2v) is 8.76. The fourth-order valence-corrected chi connectivity index (χ4v) is 4.95. The lowest BCUT2D eigenvalue weighted by Gasteiger charge is -2.47. The predicted octanol–water partition coefficient (Wildman–Crippen LogP) is 4.56. The van der Waals surface area contributed by atoms with E-state index in [1.807, 2.05) is 30.3 Å². The molecule has 0 aromatic heterocycles. The van der Waals surface area contributed by atoms with Crippen molar-refractivity contribution in [2.75, 3.05) is 6.54 Å². The minimum absolute atomic E-state index is 0.0527. The van der Waals surface area contributed by atoms with Crippen LogP contribution >= 0.6 is 0 Å². The maximum Gasteiger partial charge on any atom is 0.250 e. The second kappa shape index (κ2) is 8.58. The molecule has 1 saturated carbocycles. The van der Waals surface area contributed by atoms with Crippen LogP contribution in [0.4, 0.5) is 4.39 Å². The van der Waals surface area contributed by atoms with Gasteiger partial charge in [-0.15, -0.1) is 0 Å². The van der Waals surface area contributed by atoms with Gasteiger partial charge in [0.25, 0.3) is 5.91 Å². The molecule has 30 heavy (non-hydrogen) atoms. The van der Waals surface area contributed by atoms with Gasteiger partial charge in [-0.1, -0.05) is 69.2 Å². The summed E-state index contributed by atoms with van der Waals surface area (Å²) < 4.78 is 13.6. The van der Waals surface area contributed by atoms with Crippen LogP contribution in [-0.2, 0) is 16.1 Å². The van der Waals surface area contributed by atoms with Crippen LogP contribution in [0.2, 0.25) is 0 Å². The summed E-state index contributed by atoms with van der Waals surface area (Å²) in [6.45, 7) is 4.89. The summed E-state index contributed by atoms with van der Waals surface area (Å²) in [6.07, 6.45) is 3.16. The third kappa shape index (κ3) is 3.98. The van der Waals surface area contributed by atoms with E-state index in [4.69, 9.17) is 0 Å². The molecule has 2 aromatic rings. The average molecular weight is 409 g/mol. The number of hydrogen-bond acceptors (Lipinski definition) is 2. The lowest BCUT2D eigenvalue weighted by Crippen LogP contribution is -2.60. The molecule has 0 radical (unpaired) electrons. The van der Waals surface area contributed by atoms with E-state index in [1.54, 1.807) is 21.9 Å². The van der Waals surface area contributed by atoms with Gasteiger partial charge in [0.2, 0.25) is 5.91 Å². The molecule has 0 bridgehead atoms. The monoisotopic (exact) mass is 408 g/mol. The first-order valence-corrected chi connectivity index (χ1v) is 10.8. The number of nitrogens with zero attached hydrogens (tertiary/aromatic N) is 2. The molecule has 1 saturated heterocycles. The normalized spacial score (nSPS) is 27.4. The van der Waals surface area contributed by atoms with Crippen LogP contribution in [0.25, 0.3) is 0 Å². The van der Waals surface area contributed by atoms with Crippen molar-refractivity contribution in [2.24, 2.45) is 11.8 Å². The fourth-order valence-electron chi connectivity index (χ4n) is 4.95. The third-order valence-electron chi connectivity index (χ3n) is 6.90. The van der Waals surface area contributed by atoms with Gasteiger partial charge < -0.3 is 9.80 Å². The van der Waals surface area contributed by atoms with Gasteiger partial charge in [-0.25, -0.2) is 4.39 Å². The van der Waals surface area contributed by atoms with Gasteiger partial charge in [-0.3, -0.25) is 9.59 Å². The number of carbonyl (C=O) groups excluding carboxylic acids is 2. The highest BCUT2D eigenvalue weighted by molar-refractivity contribution is 5.95. The van der Waals surface area contributed by atoms with E-state index >= 15 is 0 Å². The smallest absolute Gasteiger partial charge is 0.250 e. The summed E-state index contributed by atoms with van der Waals surface area (Å²) >= 11 is 0. The first-order chi connectivity index (χ1) is 14.5. The number of hydrogen-bond donors (Lipinski definition) is 0. The van der Waals surface area contributed by atoms with Crippen molar-refractivity contribution in [3.05, 3.63) is 71.5 Å². The quantitative estimate of drug-likeness (QED) is 0.744. The zero-order valence-electron chi connectivity index (χ0n) is 17.6. The molecule has 4 atom stereocenters. The maximum absolute atomic E-state index is 13.7. The van der Waals surface area contributed by atoms with Crippen LogP contribution in [0.1, 0.15) is 50.3 Å². The minimum Gasteiger partial charge on any atom is -0.328 e. The van der Waals surface area contributed by atoms with Crippen LogP contribution in [0.5, 0.6) is 0 Å². The van der Waals surface area contributed by atoms with E-state index in [2.05, 4.69) is 13.8 Å². The van der Waals surface area contributed by atoms with Crippen molar-refractivity contribution in [1.29, 1.82) is 0 Å². The molecular weight excluding hydrogens is 379 g/mol. The van der Waals surface area contributed by atoms with Gasteiger partial charge in [0.1, 0.15) is 18.4 Å². The number of piperazine rings is 1. The van der Waals surface area contributed by atoms with E-state index in [1.165, 1.54) is 12.1 Å². The molecule has 4 rings (SSSR count). The Morgan fingerprint density at radius 2 is 1.67 bits per heavy atom. The number of carbonyl (C=O) groups is 2. The predicted molar refractivity (Wildman–Crippen MR) is 114 cm³/mol. The molecule has 2 fully saturated rings. The molecule has 0 unspecified atom stereocenters. The lowest BCUT2D eigenvalue weighted by molar-refractivity contribution is -0.161. The maximum atomic E-state index is 13.7. The highest BCUT2D eigenvalue weighted by Crippen LogP contribution is 2.37. The van der Waals surface area contributed by atoms with Crippen molar-refractivity contribution in [2.45, 2.75) is 51.7 Å². The lowest BCUT2D eigenvalue weighted by atomic mass is 9.76. The Morgan fingerprint density at radius 3 is 2.37 bits per heavy atom. The second-order valence-electron chi connectivity index (χ2n) is 8.76. The van der Waals surface area contributed by atoms with E-state index in [0.717, 1.165) is 24.8 Å². The molecule has 4 nitrogen and oxygen atoms in total. The highest BCUT2D eigenvalue weighted by atomic mass is 19.1. The number of rotatable bonds is 4. The Balaban J connectivity index is 1.69. The van der Waals surface area contributed by atoms with Gasteiger partial charge in [-0.05, 0) is 41.5 Å². The average Bonchev–Trinajstić information content (AvgIpc) is 2.75. The summed E-state index contributed by atoms with van der Waals surface area (Å²) in [4.78, 5) is 30.5. The summed E-state index contributed by atoms with van der Waals surface area (Å²) in [5.41, 5.74) is 1.63. The Kier molecular flexibility index (Phi) is 5.89. The van der Waals surface area contributed by atoms with E-state index < -0.39 is 6.04 Å². The molecular formula is C25H29FN2O2. The van der Waals surface area contributed by atoms with Gasteiger partial charge in [0, 0.05) is 12.6 Å². The van der Waals surface area contributed by atoms with E-state index in [-0.39, 0.29) is 30.2 Å². The van der Waals surface area contributed by atoms with Gasteiger partial charge >= 0.3 is 0 Å². The van der Waals surface area contributed by atoms with Crippen molar-refractivity contribution >= 4 is 11.8 Å². The molecule has 2 aromatic carbocycles. The molecule has 1 aliphatic heterocycles. The summed E-state index contributed by atoms with van der Waals surface area (Å²) in [6, 6.07) is 15.0. The summed E-state index contributed by atoms with van der Waals surface area (Å²) in [5, 5.41) is 0. The Bertz CT molecular complexity index is 899. The minimum atomic E-state index is -0.725. The standard InChI is InChI=1S/C25H29FN2O2/c1-17-7-6-10-22(18(17)2)27-16-23(29)28(15-19-8-4-3-5-9-19)24(25(27)30)20-11-13-21(26)14-12-20/h3-5,8-9,11-14,17-18,22,24H,6-7,10,15-16H2,1-2H3/t17-,18-,22+,24-/m1/s1. The molecule has 1 heterocycles. The largest absolute Gasteiger partial charge is 0.328 e. The molecule has 0 N–H and O–H groups in total. The van der Waals surface area contributed by atoms with Gasteiger partial charge in [0.05, 0.1) is 0 Å². The molecule has 0 spiro atoms. The molecule has 2 aliphatic rings. The number of amides is 2. The van der Waals surface area contributed by atoms with Crippen molar-refractivity contribution in [3.8, 4) is 0 Å².